The number of carbonyl (C=O) groups excluding carboxylic acids is 1. The zero-order valence-corrected chi connectivity index (χ0v) is 9.40. The van der Waals surface area contributed by atoms with Crippen molar-refractivity contribution in [2.45, 2.75) is 19.4 Å². The van der Waals surface area contributed by atoms with Gasteiger partial charge in [0.1, 0.15) is 5.75 Å². The molecule has 0 saturated carbocycles. The van der Waals surface area contributed by atoms with Crippen molar-refractivity contribution in [2.24, 2.45) is 5.92 Å². The highest BCUT2D eigenvalue weighted by molar-refractivity contribution is 5.79. The van der Waals surface area contributed by atoms with E-state index in [1.54, 1.807) is 13.2 Å². The van der Waals surface area contributed by atoms with Crippen molar-refractivity contribution in [1.29, 1.82) is 0 Å². The molecule has 16 heavy (non-hydrogen) atoms. The van der Waals surface area contributed by atoms with Gasteiger partial charge in [-0.1, -0.05) is 25.1 Å². The van der Waals surface area contributed by atoms with Crippen LogP contribution in [0.3, 0.4) is 0 Å². The molecule has 1 aromatic rings. The fourth-order valence-electron chi connectivity index (χ4n) is 2.04. The maximum Gasteiger partial charge on any atom is 0.316 e. The van der Waals surface area contributed by atoms with Gasteiger partial charge in [0.25, 0.3) is 0 Å². The average molecular weight is 221 g/mol. The van der Waals surface area contributed by atoms with Crippen LogP contribution in [0.25, 0.3) is 0 Å². The molecule has 0 unspecified atom stereocenters. The minimum atomic E-state index is -0.199. The summed E-state index contributed by atoms with van der Waals surface area (Å²) in [6, 6.07) is 7.38. The summed E-state index contributed by atoms with van der Waals surface area (Å²) in [6.45, 7) is 1.96. The van der Waals surface area contributed by atoms with Crippen molar-refractivity contribution >= 4 is 5.97 Å². The van der Waals surface area contributed by atoms with Gasteiger partial charge in [-0.15, -0.1) is 0 Å². The molecule has 2 rings (SSSR count). The molecule has 0 amide bonds. The lowest BCUT2D eigenvalue weighted by molar-refractivity contribution is -0.143. The molecule has 0 saturated heterocycles. The van der Waals surface area contributed by atoms with E-state index in [0.29, 0.717) is 12.2 Å². The predicted molar refractivity (Wildman–Crippen MR) is 58.7 cm³/mol. The van der Waals surface area contributed by atoms with Crippen molar-refractivity contribution in [3.05, 3.63) is 29.8 Å². The number of nitrogens with one attached hydrogen (secondary N) is 1. The molecule has 1 heterocycles. The van der Waals surface area contributed by atoms with E-state index in [0.717, 1.165) is 5.56 Å². The van der Waals surface area contributed by atoms with E-state index in [4.69, 9.17) is 9.57 Å². The molecule has 0 radical (unpaired) electrons. The molecule has 0 aliphatic carbocycles. The van der Waals surface area contributed by atoms with Crippen molar-refractivity contribution in [3.63, 3.8) is 0 Å². The van der Waals surface area contributed by atoms with Crippen molar-refractivity contribution in [1.82, 2.24) is 5.48 Å². The number of carbonyl (C=O) groups is 1. The zero-order chi connectivity index (χ0) is 11.5. The van der Waals surface area contributed by atoms with E-state index < -0.39 is 0 Å². The SMILES string of the molecule is CC[C@@H]1C(=O)Oc2ccccc2[C@@H]1NOC. The Morgan fingerprint density at radius 1 is 1.44 bits per heavy atom. The molecule has 4 nitrogen and oxygen atoms in total. The van der Waals surface area contributed by atoms with Crippen LogP contribution in [-0.4, -0.2) is 13.1 Å². The molecule has 1 aliphatic heterocycles. The predicted octanol–water partition coefficient (Wildman–Crippen LogP) is 1.82. The molecular weight excluding hydrogens is 206 g/mol. The Labute approximate surface area is 94.5 Å². The molecule has 4 heteroatoms. The smallest absolute Gasteiger partial charge is 0.316 e. The van der Waals surface area contributed by atoms with Gasteiger partial charge in [-0.3, -0.25) is 4.79 Å². The van der Waals surface area contributed by atoms with Gasteiger partial charge < -0.3 is 9.57 Å². The second-order valence-electron chi connectivity index (χ2n) is 3.77. The molecule has 0 aromatic heterocycles. The van der Waals surface area contributed by atoms with Crippen molar-refractivity contribution in [2.75, 3.05) is 7.11 Å². The van der Waals surface area contributed by atoms with E-state index in [1.807, 2.05) is 25.1 Å². The molecule has 1 N–H and O–H groups in total. The Morgan fingerprint density at radius 3 is 2.88 bits per heavy atom. The number of hydrogen-bond donors (Lipinski definition) is 1. The summed E-state index contributed by atoms with van der Waals surface area (Å²) in [5.41, 5.74) is 3.84. The number of fused-ring (bicyclic) bond motifs is 1. The first kappa shape index (κ1) is 11.1. The van der Waals surface area contributed by atoms with Gasteiger partial charge in [-0.25, -0.2) is 0 Å². The fourth-order valence-corrected chi connectivity index (χ4v) is 2.04. The van der Waals surface area contributed by atoms with Gasteiger partial charge in [-0.05, 0) is 12.5 Å². The third-order valence-corrected chi connectivity index (χ3v) is 2.85. The summed E-state index contributed by atoms with van der Waals surface area (Å²) in [5.74, 6) is 0.220. The Hall–Kier alpha value is -1.39. The summed E-state index contributed by atoms with van der Waals surface area (Å²) in [7, 11) is 1.55. The monoisotopic (exact) mass is 221 g/mol. The summed E-state index contributed by atoms with van der Waals surface area (Å²) in [4.78, 5) is 16.7. The number of hydrogen-bond acceptors (Lipinski definition) is 4. The first-order valence-corrected chi connectivity index (χ1v) is 5.37. The maximum absolute atomic E-state index is 11.8. The van der Waals surface area contributed by atoms with Gasteiger partial charge in [-0.2, -0.15) is 5.48 Å². The van der Waals surface area contributed by atoms with Gasteiger partial charge in [0.05, 0.1) is 19.1 Å². The number of esters is 1. The Bertz CT molecular complexity index is 392. The normalized spacial score (nSPS) is 23.8. The van der Waals surface area contributed by atoms with E-state index >= 15 is 0 Å². The lowest BCUT2D eigenvalue weighted by atomic mass is 9.89. The first-order chi connectivity index (χ1) is 7.77. The largest absolute Gasteiger partial charge is 0.426 e. The molecule has 86 valence electrons. The summed E-state index contributed by atoms with van der Waals surface area (Å²) < 4.78 is 5.28. The number of ether oxygens (including phenoxy) is 1. The average Bonchev–Trinajstić information content (AvgIpc) is 2.29. The summed E-state index contributed by atoms with van der Waals surface area (Å²) in [5, 5.41) is 0. The van der Waals surface area contributed by atoms with Crippen LogP contribution in [0.15, 0.2) is 24.3 Å². The van der Waals surface area contributed by atoms with E-state index in [2.05, 4.69) is 5.48 Å². The van der Waals surface area contributed by atoms with Gasteiger partial charge in [0.15, 0.2) is 0 Å². The quantitative estimate of drug-likeness (QED) is 0.480. The van der Waals surface area contributed by atoms with Crippen molar-refractivity contribution < 1.29 is 14.4 Å². The Kier molecular flexibility index (Phi) is 3.22. The van der Waals surface area contributed by atoms with Crippen molar-refractivity contribution in [3.8, 4) is 5.75 Å². The number of para-hydroxylation sites is 1. The molecule has 0 bridgehead atoms. The standard InChI is InChI=1S/C12H15NO3/c1-3-8-11(13-15-2)9-6-4-5-7-10(9)16-12(8)14/h4-8,11,13H,3H2,1-2H3/t8-,11+/m0/s1. The Morgan fingerprint density at radius 2 is 2.19 bits per heavy atom. The van der Waals surface area contributed by atoms with Gasteiger partial charge in [0.2, 0.25) is 0 Å². The minimum absolute atomic E-state index is 0.132. The lowest BCUT2D eigenvalue weighted by Gasteiger charge is -2.30. The fraction of sp³-hybridized carbons (Fsp3) is 0.417. The van der Waals surface area contributed by atoms with Crippen LogP contribution in [0, 0.1) is 5.92 Å². The molecule has 1 aliphatic rings. The minimum Gasteiger partial charge on any atom is -0.426 e. The number of rotatable bonds is 3. The number of hydroxylamine groups is 1. The summed E-state index contributed by atoms with van der Waals surface area (Å²) >= 11 is 0. The van der Waals surface area contributed by atoms with Crippen LogP contribution < -0.4 is 10.2 Å². The lowest BCUT2D eigenvalue weighted by Crippen LogP contribution is -2.38. The third kappa shape index (κ3) is 1.81. The third-order valence-electron chi connectivity index (χ3n) is 2.85. The van der Waals surface area contributed by atoms with Crippen LogP contribution in [0.5, 0.6) is 5.75 Å². The van der Waals surface area contributed by atoms with E-state index in [-0.39, 0.29) is 17.9 Å². The van der Waals surface area contributed by atoms with Crippen LogP contribution >= 0.6 is 0 Å². The second kappa shape index (κ2) is 4.63. The van der Waals surface area contributed by atoms with Gasteiger partial charge in [0, 0.05) is 5.56 Å². The Balaban J connectivity index is 2.40. The van der Waals surface area contributed by atoms with E-state index in [9.17, 15) is 4.79 Å². The van der Waals surface area contributed by atoms with Crippen LogP contribution in [0.2, 0.25) is 0 Å². The maximum atomic E-state index is 11.8. The topological polar surface area (TPSA) is 47.6 Å². The summed E-state index contributed by atoms with van der Waals surface area (Å²) in [6.07, 6.45) is 0.716. The highest BCUT2D eigenvalue weighted by Gasteiger charge is 2.36. The highest BCUT2D eigenvalue weighted by atomic mass is 16.6. The zero-order valence-electron chi connectivity index (χ0n) is 9.40. The second-order valence-corrected chi connectivity index (χ2v) is 3.77. The van der Waals surface area contributed by atoms with E-state index in [1.165, 1.54) is 0 Å². The first-order valence-electron chi connectivity index (χ1n) is 5.37. The van der Waals surface area contributed by atoms with Crippen LogP contribution in [-0.2, 0) is 9.63 Å². The number of benzene rings is 1. The molecule has 1 aromatic carbocycles. The van der Waals surface area contributed by atoms with Gasteiger partial charge >= 0.3 is 5.97 Å². The highest BCUT2D eigenvalue weighted by Crippen LogP contribution is 2.37. The molecular formula is C12H15NO3. The molecule has 0 fully saturated rings. The molecule has 2 atom stereocenters. The van der Waals surface area contributed by atoms with Crippen LogP contribution in [0.1, 0.15) is 24.9 Å². The van der Waals surface area contributed by atoms with Crippen LogP contribution in [0.4, 0.5) is 0 Å². The molecule has 0 spiro atoms.